The smallest absolute Gasteiger partial charge is 0.323 e. The first-order valence-corrected chi connectivity index (χ1v) is 11.1. The number of hydrogen-bond donors (Lipinski definition) is 1. The SMILES string of the molecule is CCCn1c(=O)n(CCCn2nnc(Cc3c(Cl)cccc3Cl)n2)c(=O)c2[nH]c(Cl)nc21. The Labute approximate surface area is 196 Å². The van der Waals surface area contributed by atoms with Crippen LogP contribution in [0.1, 0.15) is 31.2 Å². The quantitative estimate of drug-likeness (QED) is 0.374. The molecule has 0 atom stereocenters. The number of nitrogens with zero attached hydrogens (tertiary/aromatic N) is 7. The van der Waals surface area contributed by atoms with Crippen LogP contribution in [0.2, 0.25) is 15.3 Å². The van der Waals surface area contributed by atoms with Crippen molar-refractivity contribution < 1.29 is 0 Å². The van der Waals surface area contributed by atoms with Crippen molar-refractivity contribution in [3.05, 3.63) is 65.8 Å². The van der Waals surface area contributed by atoms with E-state index < -0.39 is 11.2 Å². The molecule has 0 saturated carbocycles. The monoisotopic (exact) mass is 496 g/mol. The zero-order valence-electron chi connectivity index (χ0n) is 17.1. The largest absolute Gasteiger partial charge is 0.332 e. The summed E-state index contributed by atoms with van der Waals surface area (Å²) >= 11 is 18.3. The van der Waals surface area contributed by atoms with Crippen LogP contribution in [0.15, 0.2) is 27.8 Å². The van der Waals surface area contributed by atoms with Crippen molar-refractivity contribution in [2.45, 2.75) is 45.8 Å². The first-order valence-electron chi connectivity index (χ1n) is 9.97. The Hall–Kier alpha value is -2.69. The van der Waals surface area contributed by atoms with E-state index in [0.717, 1.165) is 5.56 Å². The molecule has 0 aliphatic heterocycles. The van der Waals surface area contributed by atoms with Crippen LogP contribution in [0.3, 0.4) is 0 Å². The summed E-state index contributed by atoms with van der Waals surface area (Å²) in [5, 5.41) is 13.5. The van der Waals surface area contributed by atoms with Crippen LogP contribution in [-0.2, 0) is 26.1 Å². The molecule has 0 spiro atoms. The first kappa shape index (κ1) is 22.5. The van der Waals surface area contributed by atoms with Crippen LogP contribution in [-0.4, -0.2) is 39.3 Å². The third kappa shape index (κ3) is 4.43. The normalized spacial score (nSPS) is 11.5. The van der Waals surface area contributed by atoms with Gasteiger partial charge in [0.15, 0.2) is 17.0 Å². The van der Waals surface area contributed by atoms with Crippen molar-refractivity contribution in [3.8, 4) is 0 Å². The van der Waals surface area contributed by atoms with Gasteiger partial charge >= 0.3 is 5.69 Å². The van der Waals surface area contributed by atoms with E-state index in [2.05, 4.69) is 25.4 Å². The molecular weight excluding hydrogens is 479 g/mol. The Morgan fingerprint density at radius 2 is 1.78 bits per heavy atom. The second-order valence-electron chi connectivity index (χ2n) is 7.15. The first-order chi connectivity index (χ1) is 15.4. The Kier molecular flexibility index (Phi) is 6.63. The van der Waals surface area contributed by atoms with Crippen molar-refractivity contribution >= 4 is 46.0 Å². The standard InChI is InChI=1S/C19H19Cl3N8O2/c1-2-7-28-16-15(23-18(22)24-16)17(31)29(19(28)32)8-4-9-30-26-14(25-27-30)10-11-12(20)5-3-6-13(11)21/h3,5-6H,2,4,7-10H2,1H3,(H,23,24). The van der Waals surface area contributed by atoms with Crippen molar-refractivity contribution in [2.75, 3.05) is 0 Å². The van der Waals surface area contributed by atoms with E-state index in [4.69, 9.17) is 34.8 Å². The van der Waals surface area contributed by atoms with Crippen molar-refractivity contribution in [2.24, 2.45) is 0 Å². The molecule has 168 valence electrons. The molecule has 0 amide bonds. The van der Waals surface area contributed by atoms with E-state index >= 15 is 0 Å². The van der Waals surface area contributed by atoms with E-state index in [9.17, 15) is 9.59 Å². The van der Waals surface area contributed by atoms with Crippen LogP contribution in [0.25, 0.3) is 11.2 Å². The molecule has 4 rings (SSSR count). The van der Waals surface area contributed by atoms with Gasteiger partial charge in [0.25, 0.3) is 5.56 Å². The summed E-state index contributed by atoms with van der Waals surface area (Å²) in [5.74, 6) is 0.469. The number of H-pyrrole nitrogens is 1. The number of nitrogens with one attached hydrogen (secondary N) is 1. The van der Waals surface area contributed by atoms with Gasteiger partial charge in [0.1, 0.15) is 0 Å². The summed E-state index contributed by atoms with van der Waals surface area (Å²) in [6.07, 6.45) is 1.49. The Balaban J connectivity index is 1.50. The van der Waals surface area contributed by atoms with E-state index in [-0.39, 0.29) is 23.0 Å². The van der Waals surface area contributed by atoms with Gasteiger partial charge in [-0.2, -0.15) is 9.78 Å². The van der Waals surface area contributed by atoms with Gasteiger partial charge in [-0.15, -0.1) is 10.2 Å². The predicted molar refractivity (Wildman–Crippen MR) is 122 cm³/mol. The van der Waals surface area contributed by atoms with Crippen LogP contribution < -0.4 is 11.2 Å². The van der Waals surface area contributed by atoms with Gasteiger partial charge in [-0.25, -0.2) is 4.79 Å². The molecule has 0 fully saturated rings. The number of aromatic amines is 1. The highest BCUT2D eigenvalue weighted by Crippen LogP contribution is 2.25. The van der Waals surface area contributed by atoms with Gasteiger partial charge in [-0.1, -0.05) is 36.2 Å². The molecular formula is C19H19Cl3N8O2. The molecule has 1 N–H and O–H groups in total. The molecule has 0 saturated heterocycles. The third-order valence-corrected chi connectivity index (χ3v) is 5.80. The molecule has 10 nitrogen and oxygen atoms in total. The minimum absolute atomic E-state index is 0.0667. The Morgan fingerprint density at radius 3 is 2.50 bits per heavy atom. The number of imidazole rings is 1. The molecule has 0 aliphatic carbocycles. The number of benzene rings is 1. The van der Waals surface area contributed by atoms with Gasteiger partial charge < -0.3 is 4.98 Å². The number of aryl methyl sites for hydroxylation is 2. The maximum atomic E-state index is 12.9. The average Bonchev–Trinajstić information content (AvgIpc) is 3.37. The predicted octanol–water partition coefficient (Wildman–Crippen LogP) is 2.92. The molecule has 3 heterocycles. The van der Waals surface area contributed by atoms with Crippen LogP contribution in [0.5, 0.6) is 0 Å². The molecule has 4 aromatic rings. The van der Waals surface area contributed by atoms with E-state index in [1.807, 2.05) is 6.92 Å². The zero-order chi connectivity index (χ0) is 22.8. The molecule has 0 radical (unpaired) electrons. The van der Waals surface area contributed by atoms with Gasteiger partial charge in [0.2, 0.25) is 5.28 Å². The summed E-state index contributed by atoms with van der Waals surface area (Å²) in [7, 11) is 0. The fourth-order valence-electron chi connectivity index (χ4n) is 3.43. The van der Waals surface area contributed by atoms with E-state index in [1.165, 1.54) is 13.9 Å². The fraction of sp³-hybridized carbons (Fsp3) is 0.368. The molecule has 1 aromatic carbocycles. The number of hydrogen-bond acceptors (Lipinski definition) is 6. The maximum Gasteiger partial charge on any atom is 0.332 e. The number of fused-ring (bicyclic) bond motifs is 1. The van der Waals surface area contributed by atoms with E-state index in [0.29, 0.717) is 48.2 Å². The van der Waals surface area contributed by atoms with Crippen LogP contribution >= 0.6 is 34.8 Å². The highest BCUT2D eigenvalue weighted by Gasteiger charge is 2.17. The van der Waals surface area contributed by atoms with Crippen molar-refractivity contribution in [1.29, 1.82) is 0 Å². The van der Waals surface area contributed by atoms with Gasteiger partial charge in [0, 0.05) is 29.6 Å². The number of aromatic nitrogens is 8. The number of halogens is 3. The molecule has 3 aromatic heterocycles. The lowest BCUT2D eigenvalue weighted by atomic mass is 10.1. The summed E-state index contributed by atoms with van der Waals surface area (Å²) in [4.78, 5) is 33.9. The topological polar surface area (TPSA) is 116 Å². The van der Waals surface area contributed by atoms with Crippen LogP contribution in [0, 0.1) is 0 Å². The lowest BCUT2D eigenvalue weighted by Gasteiger charge is -2.10. The summed E-state index contributed by atoms with van der Waals surface area (Å²) < 4.78 is 2.63. The molecule has 32 heavy (non-hydrogen) atoms. The summed E-state index contributed by atoms with van der Waals surface area (Å²) in [6, 6.07) is 5.27. The fourth-order valence-corrected chi connectivity index (χ4v) is 4.14. The Morgan fingerprint density at radius 1 is 1.03 bits per heavy atom. The molecule has 0 unspecified atom stereocenters. The minimum Gasteiger partial charge on any atom is -0.323 e. The third-order valence-electron chi connectivity index (χ3n) is 4.91. The maximum absolute atomic E-state index is 12.9. The highest BCUT2D eigenvalue weighted by molar-refractivity contribution is 6.36. The molecule has 0 aliphatic rings. The lowest BCUT2D eigenvalue weighted by Crippen LogP contribution is -2.40. The second-order valence-corrected chi connectivity index (χ2v) is 8.32. The summed E-state index contributed by atoms with van der Waals surface area (Å²) in [6.45, 7) is 2.91. The number of rotatable bonds is 8. The lowest BCUT2D eigenvalue weighted by molar-refractivity contribution is 0.453. The van der Waals surface area contributed by atoms with E-state index in [1.54, 1.807) is 18.2 Å². The second kappa shape index (κ2) is 9.43. The minimum atomic E-state index is -0.461. The zero-order valence-corrected chi connectivity index (χ0v) is 19.3. The van der Waals surface area contributed by atoms with Crippen molar-refractivity contribution in [3.63, 3.8) is 0 Å². The highest BCUT2D eigenvalue weighted by atomic mass is 35.5. The van der Waals surface area contributed by atoms with Crippen molar-refractivity contribution in [1.82, 2.24) is 39.3 Å². The number of tetrazole rings is 1. The summed E-state index contributed by atoms with van der Waals surface area (Å²) in [5.41, 5.74) is 0.320. The van der Waals surface area contributed by atoms with Gasteiger partial charge in [-0.3, -0.25) is 13.9 Å². The van der Waals surface area contributed by atoms with Gasteiger partial charge in [0.05, 0.1) is 6.54 Å². The van der Waals surface area contributed by atoms with Crippen LogP contribution in [0.4, 0.5) is 0 Å². The molecule has 0 bridgehead atoms. The average molecular weight is 498 g/mol. The molecule has 13 heteroatoms. The Bertz CT molecular complexity index is 1370. The van der Waals surface area contributed by atoms with Gasteiger partial charge in [-0.05, 0) is 47.4 Å².